The normalized spacial score (nSPS) is 12.6. The van der Waals surface area contributed by atoms with Crippen molar-refractivity contribution in [2.75, 3.05) is 7.11 Å². The van der Waals surface area contributed by atoms with Gasteiger partial charge in [0.05, 0.1) is 30.3 Å². The summed E-state index contributed by atoms with van der Waals surface area (Å²) in [5.74, 6) is -0.562. The maximum atomic E-state index is 12.8. The van der Waals surface area contributed by atoms with Crippen LogP contribution >= 0.6 is 15.9 Å². The van der Waals surface area contributed by atoms with Crippen LogP contribution in [0.1, 0.15) is 42.2 Å². The molecule has 0 atom stereocenters. The number of benzene rings is 3. The van der Waals surface area contributed by atoms with Crippen molar-refractivity contribution in [3.8, 4) is 5.75 Å². The molecule has 0 radical (unpaired) electrons. The van der Waals surface area contributed by atoms with Crippen LogP contribution in [-0.4, -0.2) is 29.7 Å². The van der Waals surface area contributed by atoms with Crippen molar-refractivity contribution in [3.63, 3.8) is 0 Å². The SMILES string of the molecule is COc1ccc(CN2C(=O)c3ccccc3C2=O)cc1C(=O)NCc1cccc(Br)c1. The first kappa shape index (κ1) is 20.8. The Hall–Kier alpha value is -3.45. The van der Waals surface area contributed by atoms with Gasteiger partial charge in [-0.05, 0) is 47.5 Å². The van der Waals surface area contributed by atoms with E-state index in [9.17, 15) is 14.4 Å². The first-order valence-corrected chi connectivity index (χ1v) is 10.4. The van der Waals surface area contributed by atoms with Crippen molar-refractivity contribution in [1.82, 2.24) is 10.2 Å². The fraction of sp³-hybridized carbons (Fsp3) is 0.125. The number of carbonyl (C=O) groups is 3. The molecule has 0 aromatic heterocycles. The minimum absolute atomic E-state index is 0.0717. The molecule has 4 rings (SSSR count). The van der Waals surface area contributed by atoms with Crippen LogP contribution in [0.25, 0.3) is 0 Å². The van der Waals surface area contributed by atoms with E-state index in [1.54, 1.807) is 42.5 Å². The molecule has 6 nitrogen and oxygen atoms in total. The molecule has 0 fully saturated rings. The van der Waals surface area contributed by atoms with Crippen molar-refractivity contribution in [1.29, 1.82) is 0 Å². The van der Waals surface area contributed by atoms with Gasteiger partial charge in [0, 0.05) is 11.0 Å². The molecule has 0 unspecified atom stereocenters. The second-order valence-electron chi connectivity index (χ2n) is 7.09. The quantitative estimate of drug-likeness (QED) is 0.539. The number of nitrogens with one attached hydrogen (secondary N) is 1. The zero-order valence-corrected chi connectivity index (χ0v) is 18.3. The van der Waals surface area contributed by atoms with Gasteiger partial charge in [-0.1, -0.05) is 46.3 Å². The van der Waals surface area contributed by atoms with Gasteiger partial charge in [0.25, 0.3) is 17.7 Å². The first-order chi connectivity index (χ1) is 15.0. The van der Waals surface area contributed by atoms with Crippen molar-refractivity contribution in [2.45, 2.75) is 13.1 Å². The summed E-state index contributed by atoms with van der Waals surface area (Å²) < 4.78 is 6.27. The lowest BCUT2D eigenvalue weighted by Gasteiger charge is -2.16. The number of nitrogens with zero attached hydrogens (tertiary/aromatic N) is 1. The zero-order valence-electron chi connectivity index (χ0n) is 16.7. The highest BCUT2D eigenvalue weighted by atomic mass is 79.9. The van der Waals surface area contributed by atoms with E-state index in [1.807, 2.05) is 24.3 Å². The van der Waals surface area contributed by atoms with E-state index in [-0.39, 0.29) is 24.3 Å². The van der Waals surface area contributed by atoms with Gasteiger partial charge in [-0.2, -0.15) is 0 Å². The Morgan fingerprint density at radius 1 is 0.935 bits per heavy atom. The molecule has 7 heteroatoms. The maximum Gasteiger partial charge on any atom is 0.261 e. The van der Waals surface area contributed by atoms with Gasteiger partial charge in [-0.3, -0.25) is 19.3 Å². The molecule has 1 heterocycles. The van der Waals surface area contributed by atoms with Crippen LogP contribution in [0.4, 0.5) is 0 Å². The second-order valence-corrected chi connectivity index (χ2v) is 8.00. The highest BCUT2D eigenvalue weighted by molar-refractivity contribution is 9.10. The molecule has 3 aromatic rings. The van der Waals surface area contributed by atoms with Crippen LogP contribution in [0.2, 0.25) is 0 Å². The third-order valence-corrected chi connectivity index (χ3v) is 5.56. The lowest BCUT2D eigenvalue weighted by molar-refractivity contribution is 0.0642. The Bertz CT molecular complexity index is 1160. The molecule has 0 spiro atoms. The average molecular weight is 479 g/mol. The molecule has 1 aliphatic rings. The van der Waals surface area contributed by atoms with E-state index in [0.29, 0.717) is 34.5 Å². The first-order valence-electron chi connectivity index (χ1n) is 9.62. The maximum absolute atomic E-state index is 12.8. The van der Waals surface area contributed by atoms with Gasteiger partial charge >= 0.3 is 0 Å². The fourth-order valence-electron chi connectivity index (χ4n) is 3.52. The molecule has 0 aliphatic carbocycles. The fourth-order valence-corrected chi connectivity index (χ4v) is 3.97. The van der Waals surface area contributed by atoms with E-state index >= 15 is 0 Å². The third-order valence-electron chi connectivity index (χ3n) is 5.07. The van der Waals surface area contributed by atoms with Gasteiger partial charge in [0.1, 0.15) is 5.75 Å². The van der Waals surface area contributed by atoms with Crippen LogP contribution < -0.4 is 10.1 Å². The van der Waals surface area contributed by atoms with Gasteiger partial charge < -0.3 is 10.1 Å². The Labute approximate surface area is 188 Å². The molecular weight excluding hydrogens is 460 g/mol. The molecule has 0 saturated carbocycles. The van der Waals surface area contributed by atoms with Crippen molar-refractivity contribution >= 4 is 33.7 Å². The number of rotatable bonds is 6. The summed E-state index contributed by atoms with van der Waals surface area (Å²) in [7, 11) is 1.49. The Balaban J connectivity index is 1.53. The largest absolute Gasteiger partial charge is 0.496 e. The van der Waals surface area contributed by atoms with Crippen LogP contribution in [-0.2, 0) is 13.1 Å². The zero-order chi connectivity index (χ0) is 22.0. The number of fused-ring (bicyclic) bond motifs is 1. The van der Waals surface area contributed by atoms with E-state index in [4.69, 9.17) is 4.74 Å². The van der Waals surface area contributed by atoms with Crippen LogP contribution in [0.3, 0.4) is 0 Å². The summed E-state index contributed by atoms with van der Waals surface area (Å²) in [6, 6.07) is 19.5. The van der Waals surface area contributed by atoms with E-state index in [1.165, 1.54) is 12.0 Å². The summed E-state index contributed by atoms with van der Waals surface area (Å²) in [5.41, 5.74) is 2.74. The molecule has 0 saturated heterocycles. The number of ether oxygens (including phenoxy) is 1. The molecule has 3 amide bonds. The summed E-state index contributed by atoms with van der Waals surface area (Å²) in [4.78, 5) is 39.3. The molecular formula is C24H19BrN2O4. The topological polar surface area (TPSA) is 75.7 Å². The van der Waals surface area contributed by atoms with Gasteiger partial charge in [-0.25, -0.2) is 0 Å². The minimum Gasteiger partial charge on any atom is -0.496 e. The van der Waals surface area contributed by atoms with Crippen molar-refractivity contribution in [2.24, 2.45) is 0 Å². The number of methoxy groups -OCH3 is 1. The van der Waals surface area contributed by atoms with Crippen molar-refractivity contribution in [3.05, 3.63) is 99.0 Å². The van der Waals surface area contributed by atoms with Crippen LogP contribution in [0, 0.1) is 0 Å². The Morgan fingerprint density at radius 2 is 1.65 bits per heavy atom. The monoisotopic (exact) mass is 478 g/mol. The minimum atomic E-state index is -0.336. The summed E-state index contributed by atoms with van der Waals surface area (Å²) in [6.45, 7) is 0.423. The number of hydrogen-bond acceptors (Lipinski definition) is 4. The standard InChI is InChI=1S/C24H19BrN2O4/c1-31-21-10-9-16(14-27-23(29)18-7-2-3-8-19(18)24(27)30)12-20(21)22(28)26-13-15-5-4-6-17(25)11-15/h2-12H,13-14H2,1H3,(H,26,28). The molecule has 3 aromatic carbocycles. The molecule has 156 valence electrons. The lowest BCUT2D eigenvalue weighted by Crippen LogP contribution is -2.29. The van der Waals surface area contributed by atoms with Gasteiger partial charge in [-0.15, -0.1) is 0 Å². The number of halogens is 1. The second kappa shape index (κ2) is 8.73. The van der Waals surface area contributed by atoms with E-state index in [2.05, 4.69) is 21.2 Å². The van der Waals surface area contributed by atoms with E-state index in [0.717, 1.165) is 10.0 Å². The molecule has 31 heavy (non-hydrogen) atoms. The predicted molar refractivity (Wildman–Crippen MR) is 119 cm³/mol. The summed E-state index contributed by atoms with van der Waals surface area (Å²) in [5, 5.41) is 2.88. The van der Waals surface area contributed by atoms with Crippen LogP contribution in [0.15, 0.2) is 71.2 Å². The smallest absolute Gasteiger partial charge is 0.261 e. The Kier molecular flexibility index (Phi) is 5.86. The number of hydrogen-bond donors (Lipinski definition) is 1. The highest BCUT2D eigenvalue weighted by Gasteiger charge is 2.35. The summed E-state index contributed by atoms with van der Waals surface area (Å²) in [6.07, 6.45) is 0. The van der Waals surface area contributed by atoms with Crippen LogP contribution in [0.5, 0.6) is 5.75 Å². The summed E-state index contributed by atoms with van der Waals surface area (Å²) >= 11 is 3.42. The molecule has 1 N–H and O–H groups in total. The van der Waals surface area contributed by atoms with Gasteiger partial charge in [0.2, 0.25) is 0 Å². The number of carbonyl (C=O) groups excluding carboxylic acids is 3. The Morgan fingerprint density at radius 3 is 2.29 bits per heavy atom. The molecule has 0 bridgehead atoms. The highest BCUT2D eigenvalue weighted by Crippen LogP contribution is 2.26. The molecule has 1 aliphatic heterocycles. The predicted octanol–water partition coefficient (Wildman–Crippen LogP) is 4.18. The number of imide groups is 1. The van der Waals surface area contributed by atoms with E-state index < -0.39 is 0 Å². The third kappa shape index (κ3) is 4.22. The van der Waals surface area contributed by atoms with Crippen molar-refractivity contribution < 1.29 is 19.1 Å². The van der Waals surface area contributed by atoms with Gasteiger partial charge in [0.15, 0.2) is 0 Å². The lowest BCUT2D eigenvalue weighted by atomic mass is 10.1. The average Bonchev–Trinajstić information content (AvgIpc) is 3.02. The number of amides is 3.